The molecule has 3 heterocycles. The highest BCUT2D eigenvalue weighted by Crippen LogP contribution is 2.38. The molecule has 1 aromatic carbocycles. The van der Waals surface area contributed by atoms with E-state index in [2.05, 4.69) is 14.7 Å². The van der Waals surface area contributed by atoms with Gasteiger partial charge < -0.3 is 10.0 Å². The SMILES string of the molecule is O=S1(=O)Nc2ccc(C(F)(F)F)c(n2)-c2ccccc2CCCCCCN(CCCCO)c2cccc1n2. The number of anilines is 2. The molecule has 7 nitrogen and oxygen atoms in total. The fourth-order valence-corrected chi connectivity index (χ4v) is 5.53. The molecule has 1 aliphatic rings. The standard InChI is InChI=1S/C27H31F3N4O3S/c28-27(29,30)22-15-16-23-31-26(22)21-12-5-4-11-20(21)10-3-1-2-6-17-34(18-7-8-19-35)24-13-9-14-25(32-24)38(36,37)33-23/h4-5,9,11-16,35H,1-3,6-8,10,17-19H2,(H,31,33). The maximum Gasteiger partial charge on any atom is 0.418 e. The van der Waals surface area contributed by atoms with Gasteiger partial charge in [-0.05, 0) is 61.9 Å². The largest absolute Gasteiger partial charge is 0.418 e. The van der Waals surface area contributed by atoms with Crippen molar-refractivity contribution < 1.29 is 26.7 Å². The van der Waals surface area contributed by atoms with E-state index in [1.165, 1.54) is 6.07 Å². The molecule has 204 valence electrons. The van der Waals surface area contributed by atoms with Crippen molar-refractivity contribution in [1.29, 1.82) is 0 Å². The molecule has 0 spiro atoms. The first-order chi connectivity index (χ1) is 18.2. The number of pyridine rings is 2. The molecule has 0 amide bonds. The van der Waals surface area contributed by atoms with Gasteiger partial charge in [0.1, 0.15) is 11.6 Å². The molecule has 1 aliphatic heterocycles. The van der Waals surface area contributed by atoms with Gasteiger partial charge in [0.05, 0.1) is 11.3 Å². The second kappa shape index (κ2) is 12.1. The summed E-state index contributed by atoms with van der Waals surface area (Å²) in [4.78, 5) is 10.5. The molecule has 3 aromatic rings. The first kappa shape index (κ1) is 27.8. The van der Waals surface area contributed by atoms with Gasteiger partial charge >= 0.3 is 6.18 Å². The molecule has 11 heteroatoms. The van der Waals surface area contributed by atoms with Crippen LogP contribution in [0.4, 0.5) is 24.8 Å². The highest BCUT2D eigenvalue weighted by atomic mass is 32.2. The van der Waals surface area contributed by atoms with Crippen LogP contribution in [-0.4, -0.2) is 43.2 Å². The van der Waals surface area contributed by atoms with Crippen LogP contribution in [0.1, 0.15) is 49.7 Å². The summed E-state index contributed by atoms with van der Waals surface area (Å²) >= 11 is 0. The summed E-state index contributed by atoms with van der Waals surface area (Å²) in [5, 5.41) is 8.93. The first-order valence-corrected chi connectivity index (χ1v) is 14.2. The van der Waals surface area contributed by atoms with Crippen molar-refractivity contribution in [2.75, 3.05) is 29.3 Å². The van der Waals surface area contributed by atoms with Gasteiger partial charge in [0, 0.05) is 25.3 Å². The maximum atomic E-state index is 13.9. The fraction of sp³-hybridized carbons (Fsp3) is 0.407. The number of fused-ring (bicyclic) bond motifs is 6. The number of halogens is 3. The minimum atomic E-state index is -4.67. The number of aromatic nitrogens is 2. The van der Waals surface area contributed by atoms with Crippen molar-refractivity contribution in [3.8, 4) is 11.3 Å². The van der Waals surface area contributed by atoms with E-state index in [1.54, 1.807) is 36.4 Å². The van der Waals surface area contributed by atoms with Gasteiger partial charge in [-0.2, -0.15) is 21.6 Å². The van der Waals surface area contributed by atoms with Crippen molar-refractivity contribution in [2.45, 2.75) is 56.1 Å². The zero-order valence-corrected chi connectivity index (χ0v) is 21.7. The Morgan fingerprint density at radius 2 is 1.71 bits per heavy atom. The molecule has 0 saturated carbocycles. The monoisotopic (exact) mass is 548 g/mol. The summed E-state index contributed by atoms with van der Waals surface area (Å²) in [7, 11) is -4.24. The average Bonchev–Trinajstić information content (AvgIpc) is 2.88. The van der Waals surface area contributed by atoms with Crippen LogP contribution in [0.5, 0.6) is 0 Å². The smallest absolute Gasteiger partial charge is 0.396 e. The van der Waals surface area contributed by atoms with Crippen LogP contribution >= 0.6 is 0 Å². The Labute approximate surface area is 220 Å². The zero-order chi connectivity index (χ0) is 27.2. The number of aliphatic hydroxyl groups is 1. The van der Waals surface area contributed by atoms with Crippen LogP contribution in [-0.2, 0) is 22.6 Å². The first-order valence-electron chi connectivity index (χ1n) is 12.7. The van der Waals surface area contributed by atoms with E-state index in [9.17, 15) is 26.7 Å². The van der Waals surface area contributed by atoms with Crippen LogP contribution in [0, 0.1) is 0 Å². The molecule has 0 fully saturated rings. The van der Waals surface area contributed by atoms with Crippen molar-refractivity contribution in [3.05, 3.63) is 65.7 Å². The lowest BCUT2D eigenvalue weighted by Gasteiger charge is -2.24. The van der Waals surface area contributed by atoms with Crippen LogP contribution in [0.2, 0.25) is 0 Å². The normalized spacial score (nSPS) is 16.3. The van der Waals surface area contributed by atoms with E-state index in [0.717, 1.165) is 49.8 Å². The molecule has 2 aromatic heterocycles. The van der Waals surface area contributed by atoms with Gasteiger partial charge in [0.15, 0.2) is 5.03 Å². The van der Waals surface area contributed by atoms with Gasteiger partial charge in [-0.1, -0.05) is 43.2 Å². The van der Waals surface area contributed by atoms with Gasteiger partial charge in [0.25, 0.3) is 10.0 Å². The number of aryl methyl sites for hydroxylation is 1. The van der Waals surface area contributed by atoms with Crippen LogP contribution in [0.3, 0.4) is 0 Å². The Bertz CT molecular complexity index is 1350. The molecule has 0 radical (unpaired) electrons. The highest BCUT2D eigenvalue weighted by Gasteiger charge is 2.35. The lowest BCUT2D eigenvalue weighted by Crippen LogP contribution is -2.27. The summed E-state index contributed by atoms with van der Waals surface area (Å²) in [5.74, 6) is 0.266. The Kier molecular flexibility index (Phi) is 8.88. The Morgan fingerprint density at radius 3 is 2.50 bits per heavy atom. The van der Waals surface area contributed by atoms with E-state index in [-0.39, 0.29) is 23.1 Å². The van der Waals surface area contributed by atoms with Gasteiger partial charge in [0.2, 0.25) is 0 Å². The van der Waals surface area contributed by atoms with Crippen molar-refractivity contribution in [1.82, 2.24) is 9.97 Å². The molecular weight excluding hydrogens is 517 g/mol. The van der Waals surface area contributed by atoms with Gasteiger partial charge in [-0.3, -0.25) is 4.72 Å². The average molecular weight is 549 g/mol. The van der Waals surface area contributed by atoms with Crippen LogP contribution in [0.15, 0.2) is 59.6 Å². The molecular formula is C27H31F3N4O3S. The van der Waals surface area contributed by atoms with E-state index in [4.69, 9.17) is 0 Å². The molecule has 0 aliphatic carbocycles. The number of hydrogen-bond donors (Lipinski definition) is 2. The van der Waals surface area contributed by atoms with E-state index in [1.807, 2.05) is 4.90 Å². The number of sulfonamides is 1. The lowest BCUT2D eigenvalue weighted by atomic mass is 9.96. The number of hydrogen-bond acceptors (Lipinski definition) is 6. The van der Waals surface area contributed by atoms with Crippen molar-refractivity contribution in [3.63, 3.8) is 0 Å². The minimum absolute atomic E-state index is 0.0726. The quantitative estimate of drug-likeness (QED) is 0.409. The Balaban J connectivity index is 1.78. The van der Waals surface area contributed by atoms with E-state index >= 15 is 0 Å². The van der Waals surface area contributed by atoms with E-state index < -0.39 is 21.8 Å². The fourth-order valence-electron chi connectivity index (χ4n) is 4.57. The maximum absolute atomic E-state index is 13.9. The number of rotatable bonds is 4. The Hall–Kier alpha value is -3.18. The summed E-state index contributed by atoms with van der Waals surface area (Å²) in [6.45, 7) is 1.36. The van der Waals surface area contributed by atoms with E-state index in [0.29, 0.717) is 37.3 Å². The number of benzene rings is 1. The summed E-state index contributed by atoms with van der Waals surface area (Å²) in [5.41, 5.74) is -0.173. The predicted molar refractivity (Wildman–Crippen MR) is 140 cm³/mol. The molecule has 38 heavy (non-hydrogen) atoms. The third-order valence-corrected chi connectivity index (χ3v) is 7.74. The lowest BCUT2D eigenvalue weighted by molar-refractivity contribution is -0.137. The molecule has 2 N–H and O–H groups in total. The van der Waals surface area contributed by atoms with Crippen LogP contribution < -0.4 is 9.62 Å². The number of aliphatic hydroxyl groups excluding tert-OH is 1. The second-order valence-electron chi connectivity index (χ2n) is 9.27. The molecule has 0 saturated heterocycles. The number of nitrogens with zero attached hydrogens (tertiary/aromatic N) is 3. The topological polar surface area (TPSA) is 95.4 Å². The van der Waals surface area contributed by atoms with Crippen molar-refractivity contribution in [2.24, 2.45) is 0 Å². The molecule has 0 atom stereocenters. The second-order valence-corrected chi connectivity index (χ2v) is 10.9. The third-order valence-electron chi connectivity index (χ3n) is 6.48. The zero-order valence-electron chi connectivity index (χ0n) is 20.9. The van der Waals surface area contributed by atoms with Gasteiger partial charge in [-0.15, -0.1) is 0 Å². The molecule has 4 bridgehead atoms. The number of nitrogens with one attached hydrogen (secondary N) is 1. The highest BCUT2D eigenvalue weighted by molar-refractivity contribution is 7.92. The Morgan fingerprint density at radius 1 is 0.921 bits per heavy atom. The molecule has 4 rings (SSSR count). The number of alkyl halides is 3. The number of unbranched alkanes of at least 4 members (excludes halogenated alkanes) is 1. The van der Waals surface area contributed by atoms with Crippen LogP contribution in [0.25, 0.3) is 11.3 Å². The summed E-state index contributed by atoms with van der Waals surface area (Å²) in [6, 6.07) is 13.4. The molecule has 0 unspecified atom stereocenters. The minimum Gasteiger partial charge on any atom is -0.396 e. The summed E-state index contributed by atoms with van der Waals surface area (Å²) < 4.78 is 70.6. The third kappa shape index (κ3) is 6.82. The summed E-state index contributed by atoms with van der Waals surface area (Å²) in [6.07, 6.45) is 0.692. The predicted octanol–water partition coefficient (Wildman–Crippen LogP) is 5.66. The van der Waals surface area contributed by atoms with Gasteiger partial charge in [-0.25, -0.2) is 9.97 Å². The van der Waals surface area contributed by atoms with Crippen molar-refractivity contribution >= 4 is 21.7 Å².